The van der Waals surface area contributed by atoms with E-state index < -0.39 is 29.5 Å². The van der Waals surface area contributed by atoms with Crippen LogP contribution in [0.25, 0.3) is 0 Å². The van der Waals surface area contributed by atoms with Crippen LogP contribution in [0.1, 0.15) is 29.9 Å². The lowest BCUT2D eigenvalue weighted by molar-refractivity contribution is -0.141. The molecule has 0 saturated carbocycles. The number of esters is 1. The summed E-state index contributed by atoms with van der Waals surface area (Å²) in [6.07, 6.45) is -4.27. The maximum atomic E-state index is 12.3. The number of aromatic amines is 1. The number of hydrogen-bond donors (Lipinski definition) is 1. The predicted octanol–water partition coefficient (Wildman–Crippen LogP) is 1.99. The van der Waals surface area contributed by atoms with Gasteiger partial charge < -0.3 is 4.74 Å². The van der Waals surface area contributed by atoms with Crippen LogP contribution in [0.4, 0.5) is 13.2 Å². The zero-order valence-electron chi connectivity index (χ0n) is 8.05. The summed E-state index contributed by atoms with van der Waals surface area (Å²) in [4.78, 5) is 11.2. The molecule has 7 heteroatoms. The maximum absolute atomic E-state index is 12.3. The molecule has 0 amide bonds. The largest absolute Gasteiger partial charge is 0.459 e. The number of ether oxygens (including phenoxy) is 1. The van der Waals surface area contributed by atoms with Gasteiger partial charge in [0.1, 0.15) is 5.56 Å². The monoisotopic (exact) mass is 222 g/mol. The summed E-state index contributed by atoms with van der Waals surface area (Å²) < 4.78 is 41.5. The highest BCUT2D eigenvalue weighted by atomic mass is 19.4. The molecular weight excluding hydrogens is 213 g/mol. The zero-order chi connectivity index (χ0) is 11.6. The quantitative estimate of drug-likeness (QED) is 0.778. The Hall–Kier alpha value is -1.53. The second-order valence-electron chi connectivity index (χ2n) is 3.10. The fraction of sp³-hybridized carbons (Fsp3) is 0.500. The Morgan fingerprint density at radius 1 is 1.53 bits per heavy atom. The summed E-state index contributed by atoms with van der Waals surface area (Å²) in [7, 11) is 0. The van der Waals surface area contributed by atoms with Crippen LogP contribution < -0.4 is 0 Å². The van der Waals surface area contributed by atoms with Gasteiger partial charge in [0.25, 0.3) is 0 Å². The zero-order valence-corrected chi connectivity index (χ0v) is 8.05. The molecule has 84 valence electrons. The number of H-pyrrole nitrogens is 1. The van der Waals surface area contributed by atoms with E-state index in [-0.39, 0.29) is 0 Å². The minimum absolute atomic E-state index is 0.478. The van der Waals surface area contributed by atoms with Gasteiger partial charge in [0.2, 0.25) is 0 Å². The van der Waals surface area contributed by atoms with Crippen molar-refractivity contribution in [2.24, 2.45) is 0 Å². The van der Waals surface area contributed by atoms with Gasteiger partial charge in [0.15, 0.2) is 5.69 Å². The molecule has 0 aliphatic rings. The summed E-state index contributed by atoms with van der Waals surface area (Å²) in [5.74, 6) is -1.04. The number of hydrogen-bond acceptors (Lipinski definition) is 3. The molecule has 1 aromatic rings. The van der Waals surface area contributed by atoms with Crippen molar-refractivity contribution < 1.29 is 22.7 Å². The number of halogens is 3. The fourth-order valence-corrected chi connectivity index (χ4v) is 0.939. The lowest BCUT2D eigenvalue weighted by Gasteiger charge is -2.08. The molecule has 1 aromatic heterocycles. The molecule has 0 fully saturated rings. The Kier molecular flexibility index (Phi) is 3.01. The lowest BCUT2D eigenvalue weighted by atomic mass is 10.2. The molecular formula is C8H9F3N2O2. The minimum atomic E-state index is -4.66. The van der Waals surface area contributed by atoms with Crippen LogP contribution in [-0.4, -0.2) is 22.3 Å². The van der Waals surface area contributed by atoms with Crippen molar-refractivity contribution in [1.82, 2.24) is 10.2 Å². The Balaban J connectivity index is 2.96. The molecule has 1 heterocycles. The van der Waals surface area contributed by atoms with Crippen LogP contribution in [0.3, 0.4) is 0 Å². The SMILES string of the molecule is CC(C)OC(=O)c1c[nH]nc1C(F)(F)F. The fourth-order valence-electron chi connectivity index (χ4n) is 0.939. The van der Waals surface area contributed by atoms with E-state index in [1.165, 1.54) is 0 Å². The summed E-state index contributed by atoms with van der Waals surface area (Å²) in [6.45, 7) is 3.09. The third kappa shape index (κ3) is 2.71. The van der Waals surface area contributed by atoms with Crippen molar-refractivity contribution in [3.8, 4) is 0 Å². The second kappa shape index (κ2) is 3.92. The molecule has 0 aliphatic carbocycles. The lowest BCUT2D eigenvalue weighted by Crippen LogP contribution is -2.16. The van der Waals surface area contributed by atoms with Gasteiger partial charge in [-0.1, -0.05) is 0 Å². The van der Waals surface area contributed by atoms with Gasteiger partial charge >= 0.3 is 12.1 Å². The van der Waals surface area contributed by atoms with E-state index in [1.807, 2.05) is 5.10 Å². The van der Waals surface area contributed by atoms with Crippen LogP contribution in [0.5, 0.6) is 0 Å². The van der Waals surface area contributed by atoms with Crippen molar-refractivity contribution in [2.45, 2.75) is 26.1 Å². The number of carbonyl (C=O) groups is 1. The number of aromatic nitrogens is 2. The van der Waals surface area contributed by atoms with E-state index in [2.05, 4.69) is 9.84 Å². The normalized spacial score (nSPS) is 11.9. The van der Waals surface area contributed by atoms with E-state index in [1.54, 1.807) is 13.8 Å². The van der Waals surface area contributed by atoms with Gasteiger partial charge in [-0.25, -0.2) is 4.79 Å². The van der Waals surface area contributed by atoms with E-state index in [4.69, 9.17) is 0 Å². The molecule has 1 rings (SSSR count). The molecule has 0 unspecified atom stereocenters. The molecule has 0 bridgehead atoms. The van der Waals surface area contributed by atoms with Crippen LogP contribution in [0.15, 0.2) is 6.20 Å². The minimum Gasteiger partial charge on any atom is -0.459 e. The molecule has 15 heavy (non-hydrogen) atoms. The van der Waals surface area contributed by atoms with Crippen molar-refractivity contribution in [3.63, 3.8) is 0 Å². The van der Waals surface area contributed by atoms with E-state index in [9.17, 15) is 18.0 Å². The van der Waals surface area contributed by atoms with Gasteiger partial charge in [0.05, 0.1) is 6.10 Å². The first-order chi connectivity index (χ1) is 6.82. The average Bonchev–Trinajstić information content (AvgIpc) is 2.48. The number of rotatable bonds is 2. The third-order valence-electron chi connectivity index (χ3n) is 1.47. The van der Waals surface area contributed by atoms with Crippen molar-refractivity contribution in [3.05, 3.63) is 17.5 Å². The van der Waals surface area contributed by atoms with Gasteiger partial charge in [-0.2, -0.15) is 18.3 Å². The molecule has 1 N–H and O–H groups in total. The van der Waals surface area contributed by atoms with Crippen LogP contribution in [0.2, 0.25) is 0 Å². The van der Waals surface area contributed by atoms with Crippen molar-refractivity contribution in [2.75, 3.05) is 0 Å². The van der Waals surface area contributed by atoms with Gasteiger partial charge in [-0.05, 0) is 13.8 Å². The number of alkyl halides is 3. The maximum Gasteiger partial charge on any atom is 0.436 e. The second-order valence-corrected chi connectivity index (χ2v) is 3.10. The van der Waals surface area contributed by atoms with Crippen molar-refractivity contribution in [1.29, 1.82) is 0 Å². The highest BCUT2D eigenvalue weighted by Crippen LogP contribution is 2.30. The molecule has 0 radical (unpaired) electrons. The highest BCUT2D eigenvalue weighted by Gasteiger charge is 2.38. The standard InChI is InChI=1S/C8H9F3N2O2/c1-4(2)15-7(14)5-3-12-13-6(5)8(9,10)11/h3-4H,1-2H3,(H,12,13). The molecule has 0 saturated heterocycles. The molecule has 0 aliphatic heterocycles. The highest BCUT2D eigenvalue weighted by molar-refractivity contribution is 5.90. The van der Waals surface area contributed by atoms with Gasteiger partial charge in [-0.15, -0.1) is 0 Å². The van der Waals surface area contributed by atoms with E-state index in [0.717, 1.165) is 6.20 Å². The topological polar surface area (TPSA) is 55.0 Å². The van der Waals surface area contributed by atoms with Gasteiger partial charge in [-0.3, -0.25) is 5.10 Å². The van der Waals surface area contributed by atoms with Crippen molar-refractivity contribution >= 4 is 5.97 Å². The smallest absolute Gasteiger partial charge is 0.436 e. The predicted molar refractivity (Wildman–Crippen MR) is 44.1 cm³/mol. The average molecular weight is 222 g/mol. The third-order valence-corrected chi connectivity index (χ3v) is 1.47. The van der Waals surface area contributed by atoms with E-state index in [0.29, 0.717) is 0 Å². The Morgan fingerprint density at radius 3 is 2.60 bits per heavy atom. The number of nitrogens with one attached hydrogen (secondary N) is 1. The van der Waals surface area contributed by atoms with Crippen LogP contribution >= 0.6 is 0 Å². The Bertz CT molecular complexity index is 357. The molecule has 4 nitrogen and oxygen atoms in total. The first kappa shape index (κ1) is 11.5. The number of nitrogens with zero attached hydrogens (tertiary/aromatic N) is 1. The summed E-state index contributed by atoms with van der Waals surface area (Å²) >= 11 is 0. The number of carbonyl (C=O) groups excluding carboxylic acids is 1. The molecule has 0 atom stereocenters. The molecule has 0 spiro atoms. The first-order valence-corrected chi connectivity index (χ1v) is 4.14. The van der Waals surface area contributed by atoms with Crippen LogP contribution in [0, 0.1) is 0 Å². The summed E-state index contributed by atoms with van der Waals surface area (Å²) in [6, 6.07) is 0. The van der Waals surface area contributed by atoms with E-state index >= 15 is 0 Å². The summed E-state index contributed by atoms with van der Waals surface area (Å²) in [5.41, 5.74) is -1.86. The Morgan fingerprint density at radius 2 is 2.13 bits per heavy atom. The Labute approximate surface area is 83.4 Å². The van der Waals surface area contributed by atoms with Crippen LogP contribution in [-0.2, 0) is 10.9 Å². The summed E-state index contributed by atoms with van der Waals surface area (Å²) in [5, 5.41) is 4.95. The first-order valence-electron chi connectivity index (χ1n) is 4.14. The van der Waals surface area contributed by atoms with Gasteiger partial charge in [0, 0.05) is 6.20 Å². The molecule has 0 aromatic carbocycles.